The Morgan fingerprint density at radius 3 is 2.68 bits per heavy atom. The second-order valence-electron chi connectivity index (χ2n) is 5.05. The van der Waals surface area contributed by atoms with Gasteiger partial charge in [-0.05, 0) is 35.6 Å². The van der Waals surface area contributed by atoms with Crippen molar-refractivity contribution in [1.29, 1.82) is 0 Å². The zero-order chi connectivity index (χ0) is 14.0. The number of hydrogen-bond acceptors (Lipinski definition) is 5. The highest BCUT2D eigenvalue weighted by molar-refractivity contribution is 5.76. The molecule has 1 fully saturated rings. The van der Waals surface area contributed by atoms with Crippen molar-refractivity contribution >= 4 is 5.97 Å². The van der Waals surface area contributed by atoms with Crippen molar-refractivity contribution in [2.24, 2.45) is 5.92 Å². The standard InChI is InChI=1S/C12H20N4O3/c1-4-12(5-2,11(17)18)16-10(13-14-15-16)9-8(3)6-7-19-9/h8-9H,4-7H2,1-3H3,(H,17,18). The summed E-state index contributed by atoms with van der Waals surface area (Å²) < 4.78 is 7.10. The van der Waals surface area contributed by atoms with Gasteiger partial charge in [0.15, 0.2) is 11.4 Å². The molecule has 2 atom stereocenters. The Labute approximate surface area is 111 Å². The highest BCUT2D eigenvalue weighted by Crippen LogP contribution is 2.36. The largest absolute Gasteiger partial charge is 0.479 e. The van der Waals surface area contributed by atoms with E-state index in [2.05, 4.69) is 22.4 Å². The average molecular weight is 268 g/mol. The molecule has 7 heteroatoms. The topological polar surface area (TPSA) is 90.1 Å². The molecule has 0 saturated carbocycles. The van der Waals surface area contributed by atoms with E-state index in [1.54, 1.807) is 0 Å². The molecule has 2 rings (SSSR count). The van der Waals surface area contributed by atoms with E-state index >= 15 is 0 Å². The lowest BCUT2D eigenvalue weighted by Gasteiger charge is -2.29. The molecule has 106 valence electrons. The fourth-order valence-electron chi connectivity index (χ4n) is 2.64. The van der Waals surface area contributed by atoms with Gasteiger partial charge >= 0.3 is 5.97 Å². The summed E-state index contributed by atoms with van der Waals surface area (Å²) in [7, 11) is 0. The van der Waals surface area contributed by atoms with Gasteiger partial charge in [0, 0.05) is 6.61 Å². The van der Waals surface area contributed by atoms with Gasteiger partial charge in [0.1, 0.15) is 6.10 Å². The molecule has 19 heavy (non-hydrogen) atoms. The number of nitrogens with zero attached hydrogens (tertiary/aromatic N) is 4. The molecule has 1 aromatic heterocycles. The van der Waals surface area contributed by atoms with Gasteiger partial charge in [-0.2, -0.15) is 0 Å². The Hall–Kier alpha value is -1.50. The van der Waals surface area contributed by atoms with Crippen LogP contribution in [0.2, 0.25) is 0 Å². The number of hydrogen-bond donors (Lipinski definition) is 1. The maximum absolute atomic E-state index is 11.7. The Kier molecular flexibility index (Phi) is 3.84. The molecular weight excluding hydrogens is 248 g/mol. The van der Waals surface area contributed by atoms with Crippen LogP contribution in [-0.2, 0) is 15.1 Å². The minimum absolute atomic E-state index is 0.216. The van der Waals surface area contributed by atoms with Gasteiger partial charge in [-0.25, -0.2) is 9.48 Å². The smallest absolute Gasteiger partial charge is 0.331 e. The van der Waals surface area contributed by atoms with Crippen LogP contribution in [0.4, 0.5) is 0 Å². The van der Waals surface area contributed by atoms with Crippen LogP contribution in [0, 0.1) is 5.92 Å². The third-order valence-electron chi connectivity index (χ3n) is 4.11. The Bertz CT molecular complexity index is 456. The summed E-state index contributed by atoms with van der Waals surface area (Å²) in [6.45, 7) is 6.40. The second-order valence-corrected chi connectivity index (χ2v) is 5.05. The SMILES string of the molecule is CCC(CC)(C(=O)O)n1nnnc1C1OCCC1C. The second kappa shape index (κ2) is 5.24. The van der Waals surface area contributed by atoms with Crippen LogP contribution < -0.4 is 0 Å². The molecule has 0 spiro atoms. The first-order chi connectivity index (χ1) is 9.06. The van der Waals surface area contributed by atoms with E-state index < -0.39 is 11.5 Å². The number of carboxylic acids is 1. The van der Waals surface area contributed by atoms with Gasteiger partial charge in [0.2, 0.25) is 0 Å². The van der Waals surface area contributed by atoms with Gasteiger partial charge in [-0.15, -0.1) is 5.10 Å². The Morgan fingerprint density at radius 1 is 1.53 bits per heavy atom. The number of aliphatic carboxylic acids is 1. The highest BCUT2D eigenvalue weighted by Gasteiger charge is 2.43. The summed E-state index contributed by atoms with van der Waals surface area (Å²) in [6.07, 6.45) is 1.58. The summed E-state index contributed by atoms with van der Waals surface area (Å²) in [5.74, 6) is -0.0854. The highest BCUT2D eigenvalue weighted by atomic mass is 16.5. The lowest BCUT2D eigenvalue weighted by molar-refractivity contribution is -0.149. The van der Waals surface area contributed by atoms with Crippen LogP contribution in [0.3, 0.4) is 0 Å². The maximum atomic E-state index is 11.7. The molecular formula is C12H20N4O3. The fraction of sp³-hybridized carbons (Fsp3) is 0.833. The third kappa shape index (κ3) is 2.11. The maximum Gasteiger partial charge on any atom is 0.331 e. The minimum Gasteiger partial charge on any atom is -0.479 e. The van der Waals surface area contributed by atoms with Crippen LogP contribution >= 0.6 is 0 Å². The molecule has 0 amide bonds. The number of carboxylic acid groups (broad SMARTS) is 1. The molecule has 7 nitrogen and oxygen atoms in total. The first kappa shape index (κ1) is 13.9. The van der Waals surface area contributed by atoms with Crippen molar-refractivity contribution in [2.45, 2.75) is 51.7 Å². The predicted molar refractivity (Wildman–Crippen MR) is 66.5 cm³/mol. The molecule has 0 aromatic carbocycles. The average Bonchev–Trinajstić information content (AvgIpc) is 3.00. The van der Waals surface area contributed by atoms with E-state index in [4.69, 9.17) is 4.74 Å². The third-order valence-corrected chi connectivity index (χ3v) is 4.11. The first-order valence-corrected chi connectivity index (χ1v) is 6.70. The van der Waals surface area contributed by atoms with Crippen LogP contribution in [0.5, 0.6) is 0 Å². The molecule has 2 heterocycles. The van der Waals surface area contributed by atoms with Crippen molar-refractivity contribution in [2.75, 3.05) is 6.61 Å². The van der Waals surface area contributed by atoms with Crippen LogP contribution in [0.1, 0.15) is 52.0 Å². The van der Waals surface area contributed by atoms with Crippen LogP contribution in [0.15, 0.2) is 0 Å². The van der Waals surface area contributed by atoms with Crippen molar-refractivity contribution in [3.05, 3.63) is 5.82 Å². The fourth-order valence-corrected chi connectivity index (χ4v) is 2.64. The molecule has 1 aromatic rings. The predicted octanol–water partition coefficient (Wildman–Crippen LogP) is 1.37. The Balaban J connectivity index is 2.45. The van der Waals surface area contributed by atoms with Gasteiger partial charge in [0.25, 0.3) is 0 Å². The molecule has 1 saturated heterocycles. The number of ether oxygens (including phenoxy) is 1. The van der Waals surface area contributed by atoms with Crippen LogP contribution in [-0.4, -0.2) is 37.9 Å². The van der Waals surface area contributed by atoms with Gasteiger partial charge in [-0.3, -0.25) is 0 Å². The minimum atomic E-state index is -1.09. The molecule has 0 aliphatic carbocycles. The summed E-state index contributed by atoms with van der Waals surface area (Å²) >= 11 is 0. The van der Waals surface area contributed by atoms with Gasteiger partial charge in [0.05, 0.1) is 0 Å². The van der Waals surface area contributed by atoms with E-state index in [-0.39, 0.29) is 6.10 Å². The zero-order valence-corrected chi connectivity index (χ0v) is 11.5. The van der Waals surface area contributed by atoms with Crippen molar-refractivity contribution < 1.29 is 14.6 Å². The molecule has 0 radical (unpaired) electrons. The number of carbonyl (C=O) groups is 1. The van der Waals surface area contributed by atoms with Crippen molar-refractivity contribution in [3.8, 4) is 0 Å². The van der Waals surface area contributed by atoms with E-state index in [0.717, 1.165) is 6.42 Å². The van der Waals surface area contributed by atoms with Crippen molar-refractivity contribution in [3.63, 3.8) is 0 Å². The van der Waals surface area contributed by atoms with E-state index in [0.29, 0.717) is 31.2 Å². The monoisotopic (exact) mass is 268 g/mol. The van der Waals surface area contributed by atoms with E-state index in [9.17, 15) is 9.90 Å². The lowest BCUT2D eigenvalue weighted by atomic mass is 9.92. The first-order valence-electron chi connectivity index (χ1n) is 6.70. The van der Waals surface area contributed by atoms with Gasteiger partial charge in [-0.1, -0.05) is 20.8 Å². The molecule has 1 aliphatic rings. The normalized spacial score (nSPS) is 23.7. The number of tetrazole rings is 1. The summed E-state index contributed by atoms with van der Waals surface area (Å²) in [5, 5.41) is 21.2. The molecule has 2 unspecified atom stereocenters. The quantitative estimate of drug-likeness (QED) is 0.867. The van der Waals surface area contributed by atoms with E-state index in [1.807, 2.05) is 13.8 Å². The van der Waals surface area contributed by atoms with Gasteiger partial charge < -0.3 is 9.84 Å². The van der Waals surface area contributed by atoms with E-state index in [1.165, 1.54) is 4.68 Å². The number of rotatable bonds is 5. The lowest BCUT2D eigenvalue weighted by Crippen LogP contribution is -2.43. The summed E-state index contributed by atoms with van der Waals surface area (Å²) in [4.78, 5) is 11.7. The molecule has 0 bridgehead atoms. The Morgan fingerprint density at radius 2 is 2.21 bits per heavy atom. The molecule has 1 aliphatic heterocycles. The number of aromatic nitrogens is 4. The summed E-state index contributed by atoms with van der Waals surface area (Å²) in [5.41, 5.74) is -1.09. The molecule has 1 N–H and O–H groups in total. The van der Waals surface area contributed by atoms with Crippen LogP contribution in [0.25, 0.3) is 0 Å². The zero-order valence-electron chi connectivity index (χ0n) is 11.5. The summed E-state index contributed by atoms with van der Waals surface area (Å²) in [6, 6.07) is 0. The van der Waals surface area contributed by atoms with Crippen molar-refractivity contribution in [1.82, 2.24) is 20.2 Å².